The molecular weight excluding hydrogens is 488 g/mol. The second-order valence-corrected chi connectivity index (χ2v) is 12.1. The Labute approximate surface area is 230 Å². The van der Waals surface area contributed by atoms with Crippen molar-refractivity contribution >= 4 is 28.6 Å². The van der Waals surface area contributed by atoms with Crippen molar-refractivity contribution in [3.63, 3.8) is 0 Å². The van der Waals surface area contributed by atoms with Gasteiger partial charge >= 0.3 is 0 Å². The summed E-state index contributed by atoms with van der Waals surface area (Å²) in [5, 5.41) is 0.963. The molecule has 7 rings (SSSR count). The second-order valence-electron chi connectivity index (χ2n) is 12.1. The fourth-order valence-electron chi connectivity index (χ4n) is 6.90. The fourth-order valence-corrected chi connectivity index (χ4v) is 6.90. The summed E-state index contributed by atoms with van der Waals surface area (Å²) < 4.78 is 12.2. The van der Waals surface area contributed by atoms with E-state index in [9.17, 15) is 4.79 Å². The number of ketones is 1. The number of H-pyrrole nitrogens is 1. The van der Waals surface area contributed by atoms with Gasteiger partial charge in [0.1, 0.15) is 11.9 Å². The van der Waals surface area contributed by atoms with E-state index in [0.29, 0.717) is 6.61 Å². The van der Waals surface area contributed by atoms with Gasteiger partial charge in [-0.05, 0) is 42.2 Å². The average molecular weight is 527 g/mol. The minimum absolute atomic E-state index is 0.0204. The summed E-state index contributed by atoms with van der Waals surface area (Å²) in [6.07, 6.45) is 6.78. The SMILES string of the molecule is CN=Cc1ccc2c3c([nH]c2c1)C(C)(C)c1cc(N2CCN(C4CCC4)CC2)c(OC2CCOC2)cc1C3=O. The number of carbonyl (C=O) groups excluding carboxylic acids is 1. The number of nitrogens with zero attached hydrogens (tertiary/aromatic N) is 3. The van der Waals surface area contributed by atoms with Crippen LogP contribution in [0.4, 0.5) is 5.69 Å². The van der Waals surface area contributed by atoms with E-state index >= 15 is 0 Å². The van der Waals surface area contributed by atoms with Crippen LogP contribution in [0.2, 0.25) is 0 Å². The Morgan fingerprint density at radius 3 is 2.62 bits per heavy atom. The molecule has 2 aliphatic heterocycles. The van der Waals surface area contributed by atoms with Gasteiger partial charge in [-0.15, -0.1) is 0 Å². The van der Waals surface area contributed by atoms with Gasteiger partial charge < -0.3 is 19.4 Å². The summed E-state index contributed by atoms with van der Waals surface area (Å²) in [7, 11) is 1.77. The minimum Gasteiger partial charge on any atom is -0.486 e. The van der Waals surface area contributed by atoms with Gasteiger partial charge in [0.15, 0.2) is 5.78 Å². The summed E-state index contributed by atoms with van der Waals surface area (Å²) in [4.78, 5) is 27.1. The van der Waals surface area contributed by atoms with Crippen LogP contribution in [0, 0.1) is 0 Å². The van der Waals surface area contributed by atoms with Gasteiger partial charge in [0.25, 0.3) is 0 Å². The van der Waals surface area contributed by atoms with Crippen LogP contribution in [0.5, 0.6) is 5.75 Å². The maximum atomic E-state index is 14.2. The Hall–Kier alpha value is -3.16. The van der Waals surface area contributed by atoms with Crippen LogP contribution < -0.4 is 9.64 Å². The number of hydrogen-bond acceptors (Lipinski definition) is 6. The Kier molecular flexibility index (Phi) is 6.05. The predicted octanol–water partition coefficient (Wildman–Crippen LogP) is 4.93. The van der Waals surface area contributed by atoms with Crippen LogP contribution in [0.1, 0.15) is 72.3 Å². The highest BCUT2D eigenvalue weighted by atomic mass is 16.5. The molecule has 3 aromatic rings. The number of benzene rings is 2. The smallest absolute Gasteiger partial charge is 0.195 e. The van der Waals surface area contributed by atoms with E-state index in [1.54, 1.807) is 7.05 Å². The molecule has 7 nitrogen and oxygen atoms in total. The van der Waals surface area contributed by atoms with Gasteiger partial charge in [-0.1, -0.05) is 32.4 Å². The maximum absolute atomic E-state index is 14.2. The third-order valence-electron chi connectivity index (χ3n) is 9.40. The first-order valence-corrected chi connectivity index (χ1v) is 14.5. The molecule has 1 N–H and O–H groups in total. The first-order chi connectivity index (χ1) is 18.9. The van der Waals surface area contributed by atoms with E-state index in [-0.39, 0.29) is 17.3 Å². The highest BCUT2D eigenvalue weighted by Gasteiger charge is 2.41. The van der Waals surface area contributed by atoms with E-state index in [2.05, 4.69) is 45.8 Å². The topological polar surface area (TPSA) is 70.2 Å². The molecule has 1 atom stereocenters. The Bertz CT molecular complexity index is 1450. The van der Waals surface area contributed by atoms with Crippen LogP contribution in [0.25, 0.3) is 10.9 Å². The van der Waals surface area contributed by atoms with E-state index in [1.807, 2.05) is 24.4 Å². The monoisotopic (exact) mass is 526 g/mol. The molecule has 2 aromatic carbocycles. The highest BCUT2D eigenvalue weighted by Crippen LogP contribution is 2.47. The third-order valence-corrected chi connectivity index (χ3v) is 9.40. The lowest BCUT2D eigenvalue weighted by atomic mass is 9.71. The number of piperazine rings is 1. The number of ether oxygens (including phenoxy) is 2. The molecule has 204 valence electrons. The van der Waals surface area contributed by atoms with Gasteiger partial charge in [-0.3, -0.25) is 14.7 Å². The standard InChI is InChI=1S/C32H38N4O3/c1-32(2)25-17-27(36-12-10-35(11-13-36)21-5-4-6-21)28(39-22-9-14-38-19-22)16-24(25)30(37)29-23-8-7-20(18-33-3)15-26(23)34-31(29)32/h7-8,15-18,21-22,34H,4-6,9-14,19H2,1-3H3. The van der Waals surface area contributed by atoms with Gasteiger partial charge in [0.05, 0.1) is 24.5 Å². The normalized spacial score (nSPS) is 23.3. The van der Waals surface area contributed by atoms with E-state index < -0.39 is 0 Å². The third kappa shape index (κ3) is 4.09. The van der Waals surface area contributed by atoms with Crippen molar-refractivity contribution in [3.05, 3.63) is 58.3 Å². The molecule has 7 heteroatoms. The zero-order valence-electron chi connectivity index (χ0n) is 23.3. The molecule has 0 amide bonds. The zero-order chi connectivity index (χ0) is 26.7. The lowest BCUT2D eigenvalue weighted by molar-refractivity contribution is 0.103. The molecule has 1 unspecified atom stereocenters. The lowest BCUT2D eigenvalue weighted by Crippen LogP contribution is -2.52. The molecule has 1 aromatic heterocycles. The molecule has 0 spiro atoms. The number of hydrogen-bond donors (Lipinski definition) is 1. The quantitative estimate of drug-likeness (QED) is 0.478. The average Bonchev–Trinajstić information content (AvgIpc) is 3.55. The van der Waals surface area contributed by atoms with Gasteiger partial charge in [-0.2, -0.15) is 0 Å². The summed E-state index contributed by atoms with van der Waals surface area (Å²) >= 11 is 0. The lowest BCUT2D eigenvalue weighted by Gasteiger charge is -2.44. The second kappa shape index (κ2) is 9.49. The molecule has 1 saturated carbocycles. The number of aromatic amines is 1. The predicted molar refractivity (Wildman–Crippen MR) is 155 cm³/mol. The molecule has 2 aliphatic carbocycles. The minimum atomic E-state index is -0.367. The fraction of sp³-hybridized carbons (Fsp3) is 0.500. The zero-order valence-corrected chi connectivity index (χ0v) is 23.3. The number of carbonyl (C=O) groups is 1. The summed E-state index contributed by atoms with van der Waals surface area (Å²) in [5.74, 6) is 0.881. The van der Waals surface area contributed by atoms with Crippen LogP contribution in [0.3, 0.4) is 0 Å². The van der Waals surface area contributed by atoms with Gasteiger partial charge in [0, 0.05) is 79.5 Å². The van der Waals surface area contributed by atoms with Crippen molar-refractivity contribution in [1.29, 1.82) is 0 Å². The van der Waals surface area contributed by atoms with Crippen molar-refractivity contribution in [2.75, 3.05) is 51.3 Å². The highest BCUT2D eigenvalue weighted by molar-refractivity contribution is 6.20. The largest absolute Gasteiger partial charge is 0.486 e. The van der Waals surface area contributed by atoms with E-state index in [0.717, 1.165) is 95.5 Å². The van der Waals surface area contributed by atoms with Crippen molar-refractivity contribution in [2.24, 2.45) is 4.99 Å². The van der Waals surface area contributed by atoms with Gasteiger partial charge in [-0.25, -0.2) is 0 Å². The number of aliphatic imine (C=N–C) groups is 1. The number of aromatic nitrogens is 1. The molecule has 0 bridgehead atoms. The summed E-state index contributed by atoms with van der Waals surface area (Å²) in [6.45, 7) is 9.87. The molecule has 39 heavy (non-hydrogen) atoms. The molecule has 3 fully saturated rings. The van der Waals surface area contributed by atoms with E-state index in [4.69, 9.17) is 9.47 Å². The molecule has 4 aliphatic rings. The summed E-state index contributed by atoms with van der Waals surface area (Å²) in [6, 6.07) is 11.2. The number of fused-ring (bicyclic) bond motifs is 4. The van der Waals surface area contributed by atoms with Crippen molar-refractivity contribution < 1.29 is 14.3 Å². The Morgan fingerprint density at radius 1 is 1.10 bits per heavy atom. The van der Waals surface area contributed by atoms with Crippen molar-refractivity contribution in [1.82, 2.24) is 9.88 Å². The number of nitrogens with one attached hydrogen (secondary N) is 1. The van der Waals surface area contributed by atoms with Crippen molar-refractivity contribution in [3.8, 4) is 5.75 Å². The number of rotatable bonds is 5. The van der Waals surface area contributed by atoms with Gasteiger partial charge in [0.2, 0.25) is 0 Å². The first kappa shape index (κ1) is 24.9. The van der Waals surface area contributed by atoms with Crippen LogP contribution in [-0.4, -0.2) is 80.5 Å². The number of anilines is 1. The van der Waals surface area contributed by atoms with Crippen molar-refractivity contribution in [2.45, 2.75) is 57.1 Å². The molecule has 0 radical (unpaired) electrons. The first-order valence-electron chi connectivity index (χ1n) is 14.5. The Balaban J connectivity index is 1.31. The van der Waals surface area contributed by atoms with E-state index in [1.165, 1.54) is 19.3 Å². The molecule has 3 heterocycles. The Morgan fingerprint density at radius 2 is 1.92 bits per heavy atom. The molecule has 2 saturated heterocycles. The van der Waals surface area contributed by atoms with Crippen LogP contribution >= 0.6 is 0 Å². The van der Waals surface area contributed by atoms with Crippen LogP contribution in [0.15, 0.2) is 35.3 Å². The molecular formula is C32H38N4O3. The summed E-state index contributed by atoms with van der Waals surface area (Å²) in [5.41, 5.74) is 6.30. The van der Waals surface area contributed by atoms with Crippen LogP contribution in [-0.2, 0) is 10.2 Å². The maximum Gasteiger partial charge on any atom is 0.195 e.